The highest BCUT2D eigenvalue weighted by atomic mass is 35.5. The zero-order valence-electron chi connectivity index (χ0n) is 14.8. The number of ether oxygens (including phenoxy) is 1. The third-order valence-corrected chi connectivity index (χ3v) is 4.88. The summed E-state index contributed by atoms with van der Waals surface area (Å²) < 4.78 is 6.53. The van der Waals surface area contributed by atoms with Crippen LogP contribution in [0.3, 0.4) is 0 Å². The number of hydrogen-bond donors (Lipinski definition) is 0. The van der Waals surface area contributed by atoms with E-state index in [1.54, 1.807) is 38.3 Å². The van der Waals surface area contributed by atoms with Gasteiger partial charge in [0.05, 0.1) is 7.11 Å². The molecule has 0 bridgehead atoms. The van der Waals surface area contributed by atoms with E-state index in [-0.39, 0.29) is 16.9 Å². The van der Waals surface area contributed by atoms with Crippen molar-refractivity contribution in [2.24, 2.45) is 4.99 Å². The number of aliphatic imine (C=N–C) groups is 1. The van der Waals surface area contributed by atoms with Crippen molar-refractivity contribution in [1.29, 1.82) is 0 Å². The van der Waals surface area contributed by atoms with Crippen molar-refractivity contribution in [3.8, 4) is 5.75 Å². The molecule has 3 amide bonds. The van der Waals surface area contributed by atoms with Crippen LogP contribution in [0.4, 0.5) is 4.79 Å². The molecule has 0 aliphatic carbocycles. The summed E-state index contributed by atoms with van der Waals surface area (Å²) in [7, 11) is 4.44. The first kappa shape index (κ1) is 18.1. The van der Waals surface area contributed by atoms with Gasteiger partial charge in [0.1, 0.15) is 5.75 Å². The van der Waals surface area contributed by atoms with E-state index in [1.165, 1.54) is 23.6 Å². The van der Waals surface area contributed by atoms with Gasteiger partial charge >= 0.3 is 11.3 Å². The lowest BCUT2D eigenvalue weighted by atomic mass is 10.0. The summed E-state index contributed by atoms with van der Waals surface area (Å²) >= 11 is 6.23. The van der Waals surface area contributed by atoms with E-state index in [0.717, 1.165) is 4.90 Å². The minimum atomic E-state index is -0.910. The van der Waals surface area contributed by atoms with Crippen LogP contribution in [0.5, 0.6) is 5.75 Å². The van der Waals surface area contributed by atoms with Gasteiger partial charge in [-0.3, -0.25) is 19.4 Å². The molecule has 0 spiro atoms. The van der Waals surface area contributed by atoms with Crippen LogP contribution in [-0.4, -0.2) is 76.5 Å². The van der Waals surface area contributed by atoms with Crippen LogP contribution in [-0.2, 0) is 4.79 Å². The molecule has 136 valence electrons. The average molecular weight is 378 g/mol. The Morgan fingerprint density at radius 3 is 2.42 bits per heavy atom. The fourth-order valence-corrected chi connectivity index (χ4v) is 3.37. The number of likely N-dealkylation sites (N-methyl/N-ethyl adjacent to an activating group) is 2. The maximum absolute atomic E-state index is 12.9. The van der Waals surface area contributed by atoms with Crippen LogP contribution in [0, 0.1) is 0 Å². The van der Waals surface area contributed by atoms with Gasteiger partial charge in [0.25, 0.3) is 17.8 Å². The number of nitrogens with zero attached hydrogens (tertiary/aromatic N) is 4. The number of amidine groups is 2. The van der Waals surface area contributed by atoms with Crippen molar-refractivity contribution in [3.05, 3.63) is 29.8 Å². The summed E-state index contributed by atoms with van der Waals surface area (Å²) in [5.74, 6) is 0.154. The Morgan fingerprint density at radius 2 is 1.85 bits per heavy atom. The van der Waals surface area contributed by atoms with E-state index in [4.69, 9.17) is 16.3 Å². The van der Waals surface area contributed by atoms with Gasteiger partial charge in [-0.15, -0.1) is 0 Å². The summed E-state index contributed by atoms with van der Waals surface area (Å²) in [6.45, 7) is 1.65. The summed E-state index contributed by atoms with van der Waals surface area (Å²) in [5.41, 5.74) is 0.456. The molecule has 1 fully saturated rings. The second kappa shape index (κ2) is 6.53. The highest BCUT2D eigenvalue weighted by Gasteiger charge is 2.54. The standard InChI is InChI=1S/C17H18ClN4O4/c1-9(13(23)10-5-7-11(26-4)8-6-10)22-12-14(19-16(22)18)20(2)17(25)21(3)15(12)24/h5-9,12H,1-4H3/q+1. The molecule has 2 atom stereocenters. The van der Waals surface area contributed by atoms with Gasteiger partial charge in [-0.1, -0.05) is 0 Å². The fourth-order valence-electron chi connectivity index (χ4n) is 3.04. The zero-order chi connectivity index (χ0) is 19.2. The second-order valence-corrected chi connectivity index (χ2v) is 6.39. The van der Waals surface area contributed by atoms with Crippen LogP contribution in [0.2, 0.25) is 0 Å². The van der Waals surface area contributed by atoms with E-state index < -0.39 is 24.0 Å². The molecule has 9 heteroatoms. The molecule has 0 N–H and O–H groups in total. The number of benzene rings is 1. The number of imide groups is 1. The van der Waals surface area contributed by atoms with Crippen molar-refractivity contribution < 1.29 is 23.7 Å². The molecule has 2 heterocycles. The Labute approximate surface area is 155 Å². The van der Waals surface area contributed by atoms with Crippen LogP contribution in [0.1, 0.15) is 17.3 Å². The molecule has 0 aromatic heterocycles. The van der Waals surface area contributed by atoms with Gasteiger partial charge in [0, 0.05) is 31.3 Å². The molecule has 1 saturated heterocycles. The lowest BCUT2D eigenvalue weighted by molar-refractivity contribution is -0.552. The third kappa shape index (κ3) is 2.66. The first-order valence-corrected chi connectivity index (χ1v) is 8.28. The minimum Gasteiger partial charge on any atom is -0.497 e. The van der Waals surface area contributed by atoms with Crippen LogP contribution in [0.25, 0.3) is 0 Å². The number of carbonyl (C=O) groups excluding carboxylic acids is 3. The van der Waals surface area contributed by atoms with Gasteiger partial charge in [-0.05, 0) is 36.2 Å². The zero-order valence-corrected chi connectivity index (χ0v) is 15.5. The molecule has 2 aliphatic rings. The van der Waals surface area contributed by atoms with Gasteiger partial charge in [0.2, 0.25) is 5.78 Å². The summed E-state index contributed by atoms with van der Waals surface area (Å²) in [6.07, 6.45) is 0. The maximum Gasteiger partial charge on any atom is 0.395 e. The number of methoxy groups -OCH3 is 1. The highest BCUT2D eigenvalue weighted by molar-refractivity contribution is 6.65. The quantitative estimate of drug-likeness (QED) is 0.448. The Morgan fingerprint density at radius 1 is 1.23 bits per heavy atom. The molecule has 2 aliphatic heterocycles. The molecule has 1 aromatic carbocycles. The summed E-state index contributed by atoms with van der Waals surface area (Å²) in [6, 6.07) is 4.51. The Kier molecular flexibility index (Phi) is 4.53. The normalized spacial score (nSPS) is 21.0. The first-order chi connectivity index (χ1) is 12.3. The fraction of sp³-hybridized carbons (Fsp3) is 0.353. The van der Waals surface area contributed by atoms with Crippen molar-refractivity contribution in [2.45, 2.75) is 19.0 Å². The number of urea groups is 1. The lowest BCUT2D eigenvalue weighted by Gasteiger charge is -2.31. The number of fused-ring (bicyclic) bond motifs is 1. The maximum atomic E-state index is 12.9. The average Bonchev–Trinajstić information content (AvgIpc) is 3.00. The van der Waals surface area contributed by atoms with Gasteiger partial charge in [-0.2, -0.15) is 0 Å². The topological polar surface area (TPSA) is 82.3 Å². The number of Topliss-reactive ketones (excluding diaryl/α,β-unsaturated/α-hetero) is 1. The van der Waals surface area contributed by atoms with Crippen molar-refractivity contribution >= 4 is 40.5 Å². The number of carbonyl (C=O) groups is 3. The molecule has 2 unspecified atom stereocenters. The van der Waals surface area contributed by atoms with Crippen LogP contribution >= 0.6 is 11.6 Å². The minimum absolute atomic E-state index is 0.00246. The number of halogens is 1. The SMILES string of the molecule is COc1ccc(C(=O)C(C)[N+]2=C(Cl)N=C3C2C(=O)N(C)C(=O)N3C)cc1. The van der Waals surface area contributed by atoms with Gasteiger partial charge in [0.15, 0.2) is 6.04 Å². The predicted molar refractivity (Wildman–Crippen MR) is 95.1 cm³/mol. The second-order valence-electron chi connectivity index (χ2n) is 6.06. The molecule has 1 aromatic rings. The molecular weight excluding hydrogens is 360 g/mol. The van der Waals surface area contributed by atoms with Crippen LogP contribution in [0.15, 0.2) is 29.3 Å². The van der Waals surface area contributed by atoms with Gasteiger partial charge in [-0.25, -0.2) is 9.37 Å². The van der Waals surface area contributed by atoms with Crippen molar-refractivity contribution in [1.82, 2.24) is 9.80 Å². The van der Waals surface area contributed by atoms with E-state index in [9.17, 15) is 14.4 Å². The summed E-state index contributed by atoms with van der Waals surface area (Å²) in [4.78, 5) is 44.0. The molecule has 0 radical (unpaired) electrons. The lowest BCUT2D eigenvalue weighted by Crippen LogP contribution is -2.62. The van der Waals surface area contributed by atoms with Crippen LogP contribution < -0.4 is 4.74 Å². The molecular formula is C17H18ClN4O4+. The number of ketones is 1. The van der Waals surface area contributed by atoms with Crippen molar-refractivity contribution in [2.75, 3.05) is 21.2 Å². The number of amides is 3. The largest absolute Gasteiger partial charge is 0.497 e. The monoisotopic (exact) mass is 377 g/mol. The number of hydrogen-bond acceptors (Lipinski definition) is 5. The van der Waals surface area contributed by atoms with E-state index in [0.29, 0.717) is 11.3 Å². The number of rotatable bonds is 4. The Balaban J connectivity index is 1.93. The molecule has 3 rings (SSSR count). The molecule has 8 nitrogen and oxygen atoms in total. The Bertz CT molecular complexity index is 862. The van der Waals surface area contributed by atoms with E-state index in [2.05, 4.69) is 4.99 Å². The smallest absolute Gasteiger partial charge is 0.395 e. The highest BCUT2D eigenvalue weighted by Crippen LogP contribution is 2.23. The molecule has 0 saturated carbocycles. The summed E-state index contributed by atoms with van der Waals surface area (Å²) in [5, 5.41) is 0.00246. The van der Waals surface area contributed by atoms with E-state index >= 15 is 0 Å². The third-order valence-electron chi connectivity index (χ3n) is 4.60. The van der Waals surface area contributed by atoms with Gasteiger partial charge < -0.3 is 4.74 Å². The first-order valence-electron chi connectivity index (χ1n) is 7.90. The van der Waals surface area contributed by atoms with E-state index in [1.807, 2.05) is 0 Å². The Hall–Kier alpha value is -2.74. The molecule has 26 heavy (non-hydrogen) atoms. The van der Waals surface area contributed by atoms with Crippen molar-refractivity contribution in [3.63, 3.8) is 0 Å². The predicted octanol–water partition coefficient (Wildman–Crippen LogP) is 1.18.